The minimum absolute atomic E-state index is 0.0218. The second-order valence-corrected chi connectivity index (χ2v) is 16.5. The molecule has 1 heterocycles. The molecule has 0 radical (unpaired) electrons. The summed E-state index contributed by atoms with van der Waals surface area (Å²) in [6.07, 6.45) is 2.98. The van der Waals surface area contributed by atoms with Crippen LogP contribution in [0.4, 0.5) is 4.39 Å². The quantitative estimate of drug-likeness (QED) is 0.0154. The van der Waals surface area contributed by atoms with Crippen LogP contribution in [-0.2, 0) is 25.6 Å². The topological polar surface area (TPSA) is 154 Å². The van der Waals surface area contributed by atoms with Crippen LogP contribution in [0.1, 0.15) is 53.2 Å². The molecule has 0 saturated heterocycles. The van der Waals surface area contributed by atoms with Gasteiger partial charge >= 0.3 is 17.9 Å². The van der Waals surface area contributed by atoms with E-state index >= 15 is 0 Å². The summed E-state index contributed by atoms with van der Waals surface area (Å²) in [4.78, 5) is 56.0. The summed E-state index contributed by atoms with van der Waals surface area (Å²) in [5.74, 6) is -2.99. The fourth-order valence-corrected chi connectivity index (χ4v) is 8.71. The molecule has 0 amide bonds. The summed E-state index contributed by atoms with van der Waals surface area (Å²) in [6.45, 7) is 1.49. The van der Waals surface area contributed by atoms with E-state index in [9.17, 15) is 33.4 Å². The molecular formula is C40H30FNO10S4. The van der Waals surface area contributed by atoms with E-state index < -0.39 is 40.0 Å². The SMILES string of the molecule is CC1=C(CC(=O)Oc2ccc(OC(=O)CCCO[N+](=O)[O-])c(C(=O)Oc3ccc(-c4cc(=S)ss4)cc3)c2)c2cc(F)ccc2/C1=C\c1ccc([S+](C)[O-])cc1. The van der Waals surface area contributed by atoms with Gasteiger partial charge < -0.3 is 23.6 Å². The number of ether oxygens (including phenoxy) is 3. The first-order valence-corrected chi connectivity index (χ1v) is 20.9. The zero-order valence-corrected chi connectivity index (χ0v) is 32.9. The van der Waals surface area contributed by atoms with E-state index in [4.69, 9.17) is 26.4 Å². The van der Waals surface area contributed by atoms with Crippen LogP contribution in [0.15, 0.2) is 101 Å². The van der Waals surface area contributed by atoms with Crippen LogP contribution in [0, 0.1) is 19.8 Å². The molecule has 0 fully saturated rings. The van der Waals surface area contributed by atoms with E-state index in [0.717, 1.165) is 36.5 Å². The van der Waals surface area contributed by atoms with Crippen molar-refractivity contribution in [2.45, 2.75) is 31.1 Å². The highest BCUT2D eigenvalue weighted by Gasteiger charge is 2.27. The smallest absolute Gasteiger partial charge is 0.347 e. The molecule has 0 bridgehead atoms. The second kappa shape index (κ2) is 18.0. The van der Waals surface area contributed by atoms with Crippen LogP contribution < -0.4 is 14.2 Å². The number of carbonyl (C=O) groups is 3. The second-order valence-electron chi connectivity index (χ2n) is 12.2. The molecule has 1 aliphatic carbocycles. The molecule has 1 aliphatic rings. The van der Waals surface area contributed by atoms with Crippen LogP contribution in [0.5, 0.6) is 17.2 Å². The number of hydrogen-bond donors (Lipinski definition) is 0. The maximum atomic E-state index is 14.5. The van der Waals surface area contributed by atoms with Crippen molar-refractivity contribution in [2.24, 2.45) is 0 Å². The minimum Gasteiger partial charge on any atom is -0.612 e. The van der Waals surface area contributed by atoms with Gasteiger partial charge in [0.25, 0.3) is 5.09 Å². The Morgan fingerprint density at radius 1 is 0.875 bits per heavy atom. The summed E-state index contributed by atoms with van der Waals surface area (Å²) >= 11 is 4.08. The predicted molar refractivity (Wildman–Crippen MR) is 214 cm³/mol. The lowest BCUT2D eigenvalue weighted by Gasteiger charge is -2.13. The Morgan fingerprint density at radius 3 is 2.29 bits per heavy atom. The largest absolute Gasteiger partial charge is 0.612 e. The number of nitrogens with zero attached hydrogens (tertiary/aromatic N) is 1. The molecule has 286 valence electrons. The maximum absolute atomic E-state index is 14.5. The summed E-state index contributed by atoms with van der Waals surface area (Å²) in [5, 5.41) is 9.47. The van der Waals surface area contributed by atoms with Gasteiger partial charge in [0.1, 0.15) is 38.7 Å². The number of esters is 3. The van der Waals surface area contributed by atoms with Crippen LogP contribution in [0.2, 0.25) is 0 Å². The predicted octanol–water partition coefficient (Wildman–Crippen LogP) is 9.52. The van der Waals surface area contributed by atoms with Crippen LogP contribution in [-0.4, -0.2) is 40.4 Å². The van der Waals surface area contributed by atoms with Crippen molar-refractivity contribution >= 4 is 79.2 Å². The van der Waals surface area contributed by atoms with E-state index in [1.165, 1.54) is 51.0 Å². The van der Waals surface area contributed by atoms with Gasteiger partial charge in [0.2, 0.25) is 0 Å². The highest BCUT2D eigenvalue weighted by Crippen LogP contribution is 2.44. The van der Waals surface area contributed by atoms with E-state index in [2.05, 4.69) is 4.84 Å². The van der Waals surface area contributed by atoms with Crippen molar-refractivity contribution in [2.75, 3.05) is 12.9 Å². The average molecular weight is 832 g/mol. The number of carbonyl (C=O) groups excluding carboxylic acids is 3. The Kier molecular flexibility index (Phi) is 12.9. The fourth-order valence-electron chi connectivity index (χ4n) is 5.79. The van der Waals surface area contributed by atoms with Gasteiger partial charge in [-0.05, 0) is 154 Å². The van der Waals surface area contributed by atoms with Gasteiger partial charge in [0.15, 0.2) is 4.90 Å². The Hall–Kier alpha value is -5.52. The number of rotatable bonds is 14. The standard InChI is InChI=1S/C40H30FNO10S4/c1-23-31(18-24-5-13-29(14-6-24)56(2)48)30-15-9-26(41)19-33(30)32(23)21-38(44)50-28-12-16-35(52-37(43)4-3-17-49-42(46)47)34(20-28)40(45)51-27-10-7-25(8-11-27)36-22-39(53)55-54-36/h5-16,18-20,22H,3-4,17,21H2,1-2H3/b31-18-. The molecule has 5 aromatic rings. The molecule has 16 heteroatoms. The average Bonchev–Trinajstić information content (AvgIpc) is 3.71. The van der Waals surface area contributed by atoms with Crippen LogP contribution in [0.25, 0.3) is 27.7 Å². The Labute approximate surface area is 335 Å². The third-order valence-electron chi connectivity index (χ3n) is 8.46. The molecule has 6 rings (SSSR count). The van der Waals surface area contributed by atoms with Gasteiger partial charge in [0, 0.05) is 11.3 Å². The van der Waals surface area contributed by atoms with E-state index in [1.807, 2.05) is 31.2 Å². The fraction of sp³-hybridized carbons (Fsp3) is 0.150. The van der Waals surface area contributed by atoms with Crippen molar-refractivity contribution in [3.8, 4) is 27.7 Å². The maximum Gasteiger partial charge on any atom is 0.347 e. The van der Waals surface area contributed by atoms with Crippen LogP contribution >= 0.6 is 32.9 Å². The summed E-state index contributed by atoms with van der Waals surface area (Å²) in [7, 11) is 2.98. The summed E-state index contributed by atoms with van der Waals surface area (Å²) in [6, 6.07) is 23.9. The minimum atomic E-state index is -1.14. The van der Waals surface area contributed by atoms with Gasteiger partial charge in [-0.3, -0.25) is 9.59 Å². The molecule has 0 aliphatic heterocycles. The normalized spacial score (nSPS) is 13.2. The van der Waals surface area contributed by atoms with E-state index in [1.54, 1.807) is 48.7 Å². The summed E-state index contributed by atoms with van der Waals surface area (Å²) < 4.78 is 43.9. The van der Waals surface area contributed by atoms with E-state index in [-0.39, 0.29) is 48.7 Å². The van der Waals surface area contributed by atoms with Gasteiger partial charge in [-0.2, -0.15) is 0 Å². The third-order valence-corrected chi connectivity index (χ3v) is 12.3. The number of allylic oxidation sites excluding steroid dienone is 2. The number of benzene rings is 4. The first kappa shape index (κ1) is 40.2. The third kappa shape index (κ3) is 10.0. The van der Waals surface area contributed by atoms with Crippen molar-refractivity contribution in [3.05, 3.63) is 139 Å². The van der Waals surface area contributed by atoms with Gasteiger partial charge in [0.05, 0.1) is 13.0 Å². The van der Waals surface area contributed by atoms with E-state index in [0.29, 0.717) is 16.0 Å². The highest BCUT2D eigenvalue weighted by molar-refractivity contribution is 7.90. The Morgan fingerprint density at radius 2 is 1.61 bits per heavy atom. The number of fused-ring (bicyclic) bond motifs is 1. The zero-order valence-electron chi connectivity index (χ0n) is 29.6. The monoisotopic (exact) mass is 831 g/mol. The number of halogens is 1. The molecule has 0 N–H and O–H groups in total. The Bertz CT molecular complexity index is 2440. The lowest BCUT2D eigenvalue weighted by atomic mass is 10.0. The lowest BCUT2D eigenvalue weighted by molar-refractivity contribution is -0.757. The summed E-state index contributed by atoms with van der Waals surface area (Å²) in [5.41, 5.74) is 4.77. The van der Waals surface area contributed by atoms with Crippen molar-refractivity contribution in [1.29, 1.82) is 0 Å². The van der Waals surface area contributed by atoms with Crippen molar-refractivity contribution in [3.63, 3.8) is 0 Å². The van der Waals surface area contributed by atoms with Gasteiger partial charge in [-0.1, -0.05) is 39.0 Å². The van der Waals surface area contributed by atoms with Crippen LogP contribution in [0.3, 0.4) is 0 Å². The zero-order chi connectivity index (χ0) is 39.9. The van der Waals surface area contributed by atoms with Gasteiger partial charge in [-0.15, -0.1) is 10.1 Å². The van der Waals surface area contributed by atoms with Crippen molar-refractivity contribution < 1.29 is 47.5 Å². The molecule has 1 atom stereocenters. The first-order chi connectivity index (χ1) is 26.8. The molecular weight excluding hydrogens is 802 g/mol. The molecule has 1 unspecified atom stereocenters. The first-order valence-electron chi connectivity index (χ1n) is 16.8. The molecule has 11 nitrogen and oxygen atoms in total. The number of hydrogen-bond acceptors (Lipinski definition) is 13. The molecule has 0 spiro atoms. The van der Waals surface area contributed by atoms with Gasteiger partial charge in [-0.25, -0.2) is 9.18 Å². The molecule has 56 heavy (non-hydrogen) atoms. The molecule has 1 aromatic heterocycles. The molecule has 0 saturated carbocycles. The Balaban J connectivity index is 1.23. The lowest BCUT2D eigenvalue weighted by Crippen LogP contribution is -2.16. The van der Waals surface area contributed by atoms with Crippen molar-refractivity contribution in [1.82, 2.24) is 0 Å². The highest BCUT2D eigenvalue weighted by atomic mass is 32.9. The molecule has 4 aromatic carbocycles.